The second kappa shape index (κ2) is 4.14. The van der Waals surface area contributed by atoms with Gasteiger partial charge >= 0.3 is 0 Å². The first-order valence-corrected chi connectivity index (χ1v) is 5.44. The van der Waals surface area contributed by atoms with Crippen LogP contribution in [0.3, 0.4) is 0 Å². The Labute approximate surface area is 104 Å². The van der Waals surface area contributed by atoms with Gasteiger partial charge in [0.15, 0.2) is 0 Å². The fraction of sp³-hybridized carbons (Fsp3) is 0.250. The maximum atomic E-state index is 11.8. The van der Waals surface area contributed by atoms with E-state index in [2.05, 4.69) is 5.10 Å². The summed E-state index contributed by atoms with van der Waals surface area (Å²) in [6, 6.07) is 1.71. The predicted molar refractivity (Wildman–Crippen MR) is 65.1 cm³/mol. The molecule has 1 heterocycles. The highest BCUT2D eigenvalue weighted by Crippen LogP contribution is 2.34. The Morgan fingerprint density at radius 1 is 1.44 bits per heavy atom. The van der Waals surface area contributed by atoms with E-state index in [-0.39, 0.29) is 6.42 Å². The molecule has 2 rings (SSSR count). The number of hydrogen-bond acceptors (Lipinski definition) is 3. The molecule has 0 saturated carbocycles. The van der Waals surface area contributed by atoms with Crippen molar-refractivity contribution in [2.24, 2.45) is 18.5 Å². The number of nitrogens with zero attached hydrogens (tertiary/aromatic N) is 2. The van der Waals surface area contributed by atoms with E-state index in [1.807, 2.05) is 0 Å². The van der Waals surface area contributed by atoms with Crippen LogP contribution in [0.1, 0.15) is 12.1 Å². The number of allylic oxidation sites excluding steroid dienone is 2. The summed E-state index contributed by atoms with van der Waals surface area (Å²) in [7, 11) is 1.75. The molecule has 4 N–H and O–H groups in total. The van der Waals surface area contributed by atoms with Crippen molar-refractivity contribution in [1.82, 2.24) is 9.78 Å². The zero-order valence-electron chi connectivity index (χ0n) is 9.96. The van der Waals surface area contributed by atoms with Gasteiger partial charge in [0.05, 0.1) is 5.69 Å². The number of carbonyl (C=O) groups is 2. The molecule has 0 radical (unpaired) electrons. The van der Waals surface area contributed by atoms with Gasteiger partial charge in [0.2, 0.25) is 11.8 Å². The molecule has 2 amide bonds. The van der Waals surface area contributed by atoms with Crippen LogP contribution in [0.15, 0.2) is 36.1 Å². The summed E-state index contributed by atoms with van der Waals surface area (Å²) in [6.07, 6.45) is 6.72. The summed E-state index contributed by atoms with van der Waals surface area (Å²) < 4.78 is 1.58. The normalized spacial score (nSPS) is 22.6. The van der Waals surface area contributed by atoms with Gasteiger partial charge in [-0.3, -0.25) is 14.3 Å². The predicted octanol–water partition coefficient (Wildman–Crippen LogP) is -0.485. The molecule has 0 bridgehead atoms. The molecule has 94 valence electrons. The Balaban J connectivity index is 2.49. The summed E-state index contributed by atoms with van der Waals surface area (Å²) >= 11 is 0. The summed E-state index contributed by atoms with van der Waals surface area (Å²) in [5, 5.41) is 4.21. The van der Waals surface area contributed by atoms with Crippen LogP contribution < -0.4 is 11.5 Å². The number of hydrogen-bond donors (Lipinski definition) is 2. The van der Waals surface area contributed by atoms with Gasteiger partial charge in [0.25, 0.3) is 0 Å². The molecule has 0 aliphatic heterocycles. The summed E-state index contributed by atoms with van der Waals surface area (Å²) in [4.78, 5) is 23.0. The van der Waals surface area contributed by atoms with Crippen molar-refractivity contribution < 1.29 is 9.59 Å². The molecular formula is C12H14N4O2. The quantitative estimate of drug-likeness (QED) is 0.752. The average Bonchev–Trinajstić information content (AvgIpc) is 2.76. The molecule has 1 aromatic heterocycles. The van der Waals surface area contributed by atoms with Crippen LogP contribution in [0.2, 0.25) is 0 Å². The van der Waals surface area contributed by atoms with Gasteiger partial charge in [0, 0.05) is 25.2 Å². The van der Waals surface area contributed by atoms with Crippen LogP contribution in [0.4, 0.5) is 0 Å². The highest BCUT2D eigenvalue weighted by atomic mass is 16.1. The number of carbonyl (C=O) groups excluding carboxylic acids is 2. The Kier molecular flexibility index (Phi) is 2.78. The lowest BCUT2D eigenvalue weighted by molar-refractivity contribution is -0.122. The SMILES string of the molecule is Cn1ccc(C2(C(N)=O)C=CC=C(C(N)=O)C2)n1. The molecule has 1 aliphatic carbocycles. The van der Waals surface area contributed by atoms with Crippen LogP contribution in [0.25, 0.3) is 0 Å². The highest BCUT2D eigenvalue weighted by molar-refractivity contribution is 5.97. The lowest BCUT2D eigenvalue weighted by Gasteiger charge is -2.28. The third-order valence-electron chi connectivity index (χ3n) is 3.07. The Hall–Kier alpha value is -2.37. The Morgan fingerprint density at radius 3 is 2.67 bits per heavy atom. The zero-order valence-corrected chi connectivity index (χ0v) is 9.96. The highest BCUT2D eigenvalue weighted by Gasteiger charge is 2.41. The fourth-order valence-corrected chi connectivity index (χ4v) is 2.04. The van der Waals surface area contributed by atoms with Crippen LogP contribution in [-0.4, -0.2) is 21.6 Å². The standard InChI is InChI=1S/C12H14N4O2/c1-16-6-4-9(15-16)12(11(14)18)5-2-3-8(7-12)10(13)17/h2-6H,7H2,1H3,(H2,13,17)(H2,14,18). The Bertz CT molecular complexity index is 570. The van der Waals surface area contributed by atoms with Gasteiger partial charge in [-0.05, 0) is 6.07 Å². The van der Waals surface area contributed by atoms with E-state index in [9.17, 15) is 9.59 Å². The second-order valence-corrected chi connectivity index (χ2v) is 4.30. The second-order valence-electron chi connectivity index (χ2n) is 4.30. The lowest BCUT2D eigenvalue weighted by atomic mass is 9.75. The zero-order chi connectivity index (χ0) is 13.3. The summed E-state index contributed by atoms with van der Waals surface area (Å²) in [5.74, 6) is -1.11. The third-order valence-corrected chi connectivity index (χ3v) is 3.07. The summed E-state index contributed by atoms with van der Waals surface area (Å²) in [6.45, 7) is 0. The molecular weight excluding hydrogens is 232 g/mol. The molecule has 0 fully saturated rings. The number of aromatic nitrogens is 2. The first-order chi connectivity index (χ1) is 8.45. The van der Waals surface area contributed by atoms with E-state index in [0.29, 0.717) is 11.3 Å². The maximum absolute atomic E-state index is 11.8. The first kappa shape index (κ1) is 12.1. The van der Waals surface area contributed by atoms with Crippen molar-refractivity contribution in [2.45, 2.75) is 11.8 Å². The smallest absolute Gasteiger partial charge is 0.244 e. The first-order valence-electron chi connectivity index (χ1n) is 5.44. The van der Waals surface area contributed by atoms with Gasteiger partial charge in [-0.25, -0.2) is 0 Å². The van der Waals surface area contributed by atoms with E-state index >= 15 is 0 Å². The number of nitrogens with two attached hydrogens (primary N) is 2. The van der Waals surface area contributed by atoms with Crippen LogP contribution in [-0.2, 0) is 22.1 Å². The minimum Gasteiger partial charge on any atom is -0.369 e. The molecule has 18 heavy (non-hydrogen) atoms. The molecule has 0 spiro atoms. The largest absolute Gasteiger partial charge is 0.369 e. The van der Waals surface area contributed by atoms with Crippen molar-refractivity contribution >= 4 is 11.8 Å². The van der Waals surface area contributed by atoms with Gasteiger partial charge in [-0.15, -0.1) is 0 Å². The van der Waals surface area contributed by atoms with Crippen LogP contribution >= 0.6 is 0 Å². The monoisotopic (exact) mass is 246 g/mol. The fourth-order valence-electron chi connectivity index (χ4n) is 2.04. The molecule has 1 aliphatic rings. The topological polar surface area (TPSA) is 104 Å². The number of primary amides is 2. The number of rotatable bonds is 3. The Morgan fingerprint density at radius 2 is 2.17 bits per heavy atom. The van der Waals surface area contributed by atoms with Gasteiger partial charge < -0.3 is 11.5 Å². The number of aryl methyl sites for hydroxylation is 1. The molecule has 1 unspecified atom stereocenters. The molecule has 6 heteroatoms. The van der Waals surface area contributed by atoms with E-state index in [1.165, 1.54) is 0 Å². The molecule has 6 nitrogen and oxygen atoms in total. The minimum atomic E-state index is -1.10. The van der Waals surface area contributed by atoms with Gasteiger partial charge in [-0.1, -0.05) is 18.2 Å². The van der Waals surface area contributed by atoms with Crippen molar-refractivity contribution in [3.05, 3.63) is 41.8 Å². The van der Waals surface area contributed by atoms with Crippen LogP contribution in [0, 0.1) is 0 Å². The van der Waals surface area contributed by atoms with Crippen molar-refractivity contribution in [1.29, 1.82) is 0 Å². The molecule has 0 saturated heterocycles. The third kappa shape index (κ3) is 1.81. The lowest BCUT2D eigenvalue weighted by Crippen LogP contribution is -2.42. The van der Waals surface area contributed by atoms with Crippen LogP contribution in [0.5, 0.6) is 0 Å². The van der Waals surface area contributed by atoms with Gasteiger partial charge in [0.1, 0.15) is 5.41 Å². The number of amides is 2. The molecule has 0 aromatic carbocycles. The van der Waals surface area contributed by atoms with Crippen molar-refractivity contribution in [3.8, 4) is 0 Å². The van der Waals surface area contributed by atoms with E-state index in [1.54, 1.807) is 42.2 Å². The van der Waals surface area contributed by atoms with Gasteiger partial charge in [-0.2, -0.15) is 5.10 Å². The van der Waals surface area contributed by atoms with E-state index in [0.717, 1.165) is 0 Å². The minimum absolute atomic E-state index is 0.144. The summed E-state index contributed by atoms with van der Waals surface area (Å²) in [5.41, 5.74) is 10.5. The average molecular weight is 246 g/mol. The van der Waals surface area contributed by atoms with Crippen molar-refractivity contribution in [3.63, 3.8) is 0 Å². The van der Waals surface area contributed by atoms with E-state index in [4.69, 9.17) is 11.5 Å². The van der Waals surface area contributed by atoms with Crippen molar-refractivity contribution in [2.75, 3.05) is 0 Å². The maximum Gasteiger partial charge on any atom is 0.244 e. The molecule has 1 aromatic rings. The molecule has 1 atom stereocenters. The van der Waals surface area contributed by atoms with E-state index < -0.39 is 17.2 Å².